The lowest BCUT2D eigenvalue weighted by Crippen LogP contribution is -2.40. The van der Waals surface area contributed by atoms with Gasteiger partial charge in [-0.3, -0.25) is 4.79 Å². The van der Waals surface area contributed by atoms with Crippen molar-refractivity contribution < 1.29 is 4.79 Å². The van der Waals surface area contributed by atoms with E-state index in [2.05, 4.69) is 15.6 Å². The number of hydrogen-bond acceptors (Lipinski definition) is 4. The predicted molar refractivity (Wildman–Crippen MR) is 64.6 cm³/mol. The highest BCUT2D eigenvalue weighted by molar-refractivity contribution is 5.84. The van der Waals surface area contributed by atoms with E-state index in [1.165, 1.54) is 0 Å². The molecule has 1 aliphatic heterocycles. The maximum atomic E-state index is 12.1. The summed E-state index contributed by atoms with van der Waals surface area (Å²) in [4.78, 5) is 14.0. The van der Waals surface area contributed by atoms with E-state index in [1.807, 2.05) is 18.7 Å². The van der Waals surface area contributed by atoms with Crippen LogP contribution in [0.4, 0.5) is 5.82 Å². The van der Waals surface area contributed by atoms with Gasteiger partial charge in [-0.2, -0.15) is 0 Å². The van der Waals surface area contributed by atoms with Crippen molar-refractivity contribution in [3.05, 3.63) is 6.20 Å². The number of hydrogen-bond donors (Lipinski definition) is 1. The van der Waals surface area contributed by atoms with Crippen molar-refractivity contribution in [2.45, 2.75) is 39.3 Å². The normalized spacial score (nSPS) is 17.2. The van der Waals surface area contributed by atoms with E-state index < -0.39 is 0 Å². The number of amides is 1. The molecule has 0 spiro atoms. The molecule has 1 atom stereocenters. The van der Waals surface area contributed by atoms with Gasteiger partial charge >= 0.3 is 0 Å². The first-order valence-electron chi connectivity index (χ1n) is 6.16. The Balaban J connectivity index is 1.96. The standard InChI is InChI=1S/C11H19N5O/c1-3-16-10(8-12-14-16)13-9(2)11(17)15-6-4-5-7-15/h8-9,13H,3-7H2,1-2H3. The molecule has 2 rings (SSSR count). The molecule has 1 aromatic heterocycles. The fraction of sp³-hybridized carbons (Fsp3) is 0.727. The molecule has 17 heavy (non-hydrogen) atoms. The Bertz CT molecular complexity index is 383. The first kappa shape index (κ1) is 11.9. The molecule has 0 saturated carbocycles. The van der Waals surface area contributed by atoms with Crippen molar-refractivity contribution in [3.63, 3.8) is 0 Å². The molecule has 0 bridgehead atoms. The topological polar surface area (TPSA) is 63.1 Å². The van der Waals surface area contributed by atoms with Crippen LogP contribution < -0.4 is 5.32 Å². The van der Waals surface area contributed by atoms with Crippen LogP contribution in [-0.4, -0.2) is 44.9 Å². The predicted octanol–water partition coefficient (Wildman–Crippen LogP) is 0.721. The maximum Gasteiger partial charge on any atom is 0.244 e. The number of nitrogens with one attached hydrogen (secondary N) is 1. The fourth-order valence-electron chi connectivity index (χ4n) is 2.10. The van der Waals surface area contributed by atoms with Gasteiger partial charge < -0.3 is 10.2 Å². The molecule has 1 fully saturated rings. The molecular formula is C11H19N5O. The van der Waals surface area contributed by atoms with Crippen LogP contribution in [0.1, 0.15) is 26.7 Å². The zero-order chi connectivity index (χ0) is 12.3. The van der Waals surface area contributed by atoms with Crippen LogP contribution in [0.15, 0.2) is 6.20 Å². The molecule has 0 radical (unpaired) electrons. The molecule has 0 aliphatic carbocycles. The van der Waals surface area contributed by atoms with Crippen LogP contribution >= 0.6 is 0 Å². The minimum atomic E-state index is -0.225. The van der Waals surface area contributed by atoms with Crippen LogP contribution in [0.25, 0.3) is 0 Å². The summed E-state index contributed by atoms with van der Waals surface area (Å²) in [5.74, 6) is 0.957. The summed E-state index contributed by atoms with van der Waals surface area (Å²) in [5.41, 5.74) is 0. The third kappa shape index (κ3) is 2.57. The van der Waals surface area contributed by atoms with Gasteiger partial charge in [-0.05, 0) is 26.7 Å². The Hall–Kier alpha value is -1.59. The smallest absolute Gasteiger partial charge is 0.244 e. The van der Waals surface area contributed by atoms with Crippen LogP contribution in [-0.2, 0) is 11.3 Å². The second-order valence-corrected chi connectivity index (χ2v) is 4.33. The van der Waals surface area contributed by atoms with E-state index >= 15 is 0 Å². The van der Waals surface area contributed by atoms with Crippen LogP contribution in [0.2, 0.25) is 0 Å². The Morgan fingerprint density at radius 1 is 1.53 bits per heavy atom. The molecule has 1 unspecified atom stereocenters. The molecule has 6 heteroatoms. The number of rotatable bonds is 4. The molecule has 1 aromatic rings. The molecule has 1 amide bonds. The largest absolute Gasteiger partial charge is 0.357 e. The second-order valence-electron chi connectivity index (χ2n) is 4.33. The SMILES string of the molecule is CCn1nncc1NC(C)C(=O)N1CCCC1. The monoisotopic (exact) mass is 237 g/mol. The third-order valence-electron chi connectivity index (χ3n) is 3.07. The lowest BCUT2D eigenvalue weighted by Gasteiger charge is -2.21. The van der Waals surface area contributed by atoms with Gasteiger partial charge in [0.05, 0.1) is 6.20 Å². The Labute approximate surface area is 101 Å². The summed E-state index contributed by atoms with van der Waals surface area (Å²) in [5, 5.41) is 10.9. The zero-order valence-electron chi connectivity index (χ0n) is 10.4. The lowest BCUT2D eigenvalue weighted by atomic mass is 10.3. The number of anilines is 1. The first-order valence-corrected chi connectivity index (χ1v) is 6.16. The molecule has 6 nitrogen and oxygen atoms in total. The first-order chi connectivity index (χ1) is 8.22. The summed E-state index contributed by atoms with van der Waals surface area (Å²) < 4.78 is 1.74. The van der Waals surface area contributed by atoms with E-state index in [4.69, 9.17) is 0 Å². The van der Waals surface area contributed by atoms with E-state index in [9.17, 15) is 4.79 Å². The Morgan fingerprint density at radius 2 is 2.24 bits per heavy atom. The van der Waals surface area contributed by atoms with Gasteiger partial charge in [0.2, 0.25) is 5.91 Å². The third-order valence-corrected chi connectivity index (χ3v) is 3.07. The highest BCUT2D eigenvalue weighted by atomic mass is 16.2. The average molecular weight is 237 g/mol. The van der Waals surface area contributed by atoms with Crippen molar-refractivity contribution in [2.75, 3.05) is 18.4 Å². The number of carbonyl (C=O) groups is 1. The molecular weight excluding hydrogens is 218 g/mol. The van der Waals surface area contributed by atoms with Gasteiger partial charge in [-0.1, -0.05) is 5.21 Å². The zero-order valence-corrected chi connectivity index (χ0v) is 10.4. The van der Waals surface area contributed by atoms with Gasteiger partial charge in [0.15, 0.2) is 0 Å². The highest BCUT2D eigenvalue weighted by Crippen LogP contribution is 2.12. The molecule has 1 N–H and O–H groups in total. The number of aryl methyl sites for hydroxylation is 1. The minimum absolute atomic E-state index is 0.159. The van der Waals surface area contributed by atoms with Crippen LogP contribution in [0.5, 0.6) is 0 Å². The summed E-state index contributed by atoms with van der Waals surface area (Å²) in [6.45, 7) is 6.39. The number of nitrogens with zero attached hydrogens (tertiary/aromatic N) is 4. The minimum Gasteiger partial charge on any atom is -0.357 e. The number of carbonyl (C=O) groups excluding carboxylic acids is 1. The summed E-state index contributed by atoms with van der Waals surface area (Å²) in [7, 11) is 0. The van der Waals surface area contributed by atoms with Crippen LogP contribution in [0.3, 0.4) is 0 Å². The van der Waals surface area contributed by atoms with E-state index in [1.54, 1.807) is 10.9 Å². The Kier molecular flexibility index (Phi) is 3.61. The van der Waals surface area contributed by atoms with E-state index in [0.717, 1.165) is 38.3 Å². The van der Waals surface area contributed by atoms with E-state index in [0.29, 0.717) is 0 Å². The highest BCUT2D eigenvalue weighted by Gasteiger charge is 2.23. The number of aromatic nitrogens is 3. The van der Waals surface area contributed by atoms with Crippen molar-refractivity contribution in [3.8, 4) is 0 Å². The number of likely N-dealkylation sites (tertiary alicyclic amines) is 1. The molecule has 2 heterocycles. The maximum absolute atomic E-state index is 12.1. The molecule has 1 saturated heterocycles. The quantitative estimate of drug-likeness (QED) is 0.838. The van der Waals surface area contributed by atoms with Crippen molar-refractivity contribution >= 4 is 11.7 Å². The van der Waals surface area contributed by atoms with Gasteiger partial charge in [0.1, 0.15) is 11.9 Å². The van der Waals surface area contributed by atoms with Crippen molar-refractivity contribution in [1.82, 2.24) is 19.9 Å². The van der Waals surface area contributed by atoms with E-state index in [-0.39, 0.29) is 11.9 Å². The fourth-order valence-corrected chi connectivity index (χ4v) is 2.10. The van der Waals surface area contributed by atoms with Crippen molar-refractivity contribution in [1.29, 1.82) is 0 Å². The molecule has 0 aromatic carbocycles. The van der Waals surface area contributed by atoms with Gasteiger partial charge in [0.25, 0.3) is 0 Å². The van der Waals surface area contributed by atoms with Gasteiger partial charge in [0, 0.05) is 19.6 Å². The van der Waals surface area contributed by atoms with Crippen molar-refractivity contribution in [2.24, 2.45) is 0 Å². The summed E-state index contributed by atoms with van der Waals surface area (Å²) >= 11 is 0. The molecule has 94 valence electrons. The lowest BCUT2D eigenvalue weighted by molar-refractivity contribution is -0.130. The summed E-state index contributed by atoms with van der Waals surface area (Å²) in [6, 6.07) is -0.225. The Morgan fingerprint density at radius 3 is 2.88 bits per heavy atom. The summed E-state index contributed by atoms with van der Waals surface area (Å²) in [6.07, 6.45) is 3.89. The molecule has 1 aliphatic rings. The van der Waals surface area contributed by atoms with Crippen LogP contribution in [0, 0.1) is 0 Å². The average Bonchev–Trinajstić information content (AvgIpc) is 2.98. The van der Waals surface area contributed by atoms with Gasteiger partial charge in [-0.25, -0.2) is 4.68 Å². The van der Waals surface area contributed by atoms with Gasteiger partial charge in [-0.15, -0.1) is 5.10 Å². The second kappa shape index (κ2) is 5.16.